The van der Waals surface area contributed by atoms with Gasteiger partial charge in [-0.15, -0.1) is 0 Å². The molecule has 0 saturated carbocycles. The molecule has 0 aliphatic rings. The van der Waals surface area contributed by atoms with Crippen molar-refractivity contribution in [1.82, 2.24) is 9.55 Å². The lowest BCUT2D eigenvalue weighted by atomic mass is 10.1. The molecular formula is C12H23N5O2. The van der Waals surface area contributed by atoms with Crippen molar-refractivity contribution < 1.29 is 4.92 Å². The molecule has 0 fully saturated rings. The summed E-state index contributed by atoms with van der Waals surface area (Å²) < 4.78 is 1.64. The molecule has 108 valence electrons. The minimum atomic E-state index is -0.406. The maximum atomic E-state index is 11.0. The van der Waals surface area contributed by atoms with E-state index < -0.39 is 4.92 Å². The second kappa shape index (κ2) is 7.85. The Kier molecular flexibility index (Phi) is 6.44. The van der Waals surface area contributed by atoms with Crippen LogP contribution < -0.4 is 11.5 Å². The van der Waals surface area contributed by atoms with Crippen molar-refractivity contribution in [2.75, 3.05) is 13.1 Å². The average Bonchev–Trinajstić information content (AvgIpc) is 2.76. The van der Waals surface area contributed by atoms with Crippen molar-refractivity contribution in [3.05, 3.63) is 22.1 Å². The van der Waals surface area contributed by atoms with Gasteiger partial charge in [0.15, 0.2) is 5.82 Å². The highest BCUT2D eigenvalue weighted by molar-refractivity contribution is 5.20. The number of nitro groups is 1. The zero-order valence-electron chi connectivity index (χ0n) is 11.4. The third kappa shape index (κ3) is 4.29. The summed E-state index contributed by atoms with van der Waals surface area (Å²) in [6.45, 7) is 2.87. The SMILES string of the molecule is Cc1ncc([N+](=O)[O-])n1C(CN)CCCCCCN. The first-order valence-corrected chi connectivity index (χ1v) is 6.70. The monoisotopic (exact) mass is 269 g/mol. The van der Waals surface area contributed by atoms with Crippen molar-refractivity contribution in [3.63, 3.8) is 0 Å². The molecule has 0 saturated heterocycles. The summed E-state index contributed by atoms with van der Waals surface area (Å²) in [5.74, 6) is 0.666. The lowest BCUT2D eigenvalue weighted by Crippen LogP contribution is -2.21. The summed E-state index contributed by atoms with van der Waals surface area (Å²) in [5, 5.41) is 11.0. The Morgan fingerprint density at radius 3 is 2.63 bits per heavy atom. The lowest BCUT2D eigenvalue weighted by molar-refractivity contribution is -0.392. The molecule has 1 heterocycles. The zero-order valence-corrected chi connectivity index (χ0v) is 11.4. The molecule has 0 amide bonds. The number of aromatic nitrogens is 2. The maximum absolute atomic E-state index is 11.0. The molecule has 0 bridgehead atoms. The van der Waals surface area contributed by atoms with Crippen LogP contribution in [0.15, 0.2) is 6.20 Å². The number of hydrogen-bond acceptors (Lipinski definition) is 5. The fourth-order valence-electron chi connectivity index (χ4n) is 2.26. The molecule has 0 aromatic carbocycles. The number of nitrogens with zero attached hydrogens (tertiary/aromatic N) is 3. The molecule has 7 nitrogen and oxygen atoms in total. The lowest BCUT2D eigenvalue weighted by Gasteiger charge is -2.14. The van der Waals surface area contributed by atoms with Gasteiger partial charge in [0.05, 0.1) is 0 Å². The van der Waals surface area contributed by atoms with Crippen LogP contribution in [0.2, 0.25) is 0 Å². The predicted octanol–water partition coefficient (Wildman–Crippen LogP) is 1.51. The molecule has 19 heavy (non-hydrogen) atoms. The van der Waals surface area contributed by atoms with Crippen LogP contribution in [-0.4, -0.2) is 27.6 Å². The summed E-state index contributed by atoms with van der Waals surface area (Å²) in [5.41, 5.74) is 11.2. The predicted molar refractivity (Wildman–Crippen MR) is 73.8 cm³/mol. The standard InChI is InChI=1S/C12H23N5O2/c1-10-15-9-12(17(18)19)16(10)11(8-14)6-4-2-3-5-7-13/h9,11H,2-8,13-14H2,1H3. The summed E-state index contributed by atoms with van der Waals surface area (Å²) in [6.07, 6.45) is 6.33. The highest BCUT2D eigenvalue weighted by Gasteiger charge is 2.24. The molecule has 0 spiro atoms. The second-order valence-corrected chi connectivity index (χ2v) is 4.67. The normalized spacial score (nSPS) is 12.6. The molecular weight excluding hydrogens is 246 g/mol. The van der Waals surface area contributed by atoms with E-state index in [1.54, 1.807) is 11.5 Å². The number of rotatable bonds is 9. The van der Waals surface area contributed by atoms with Crippen LogP contribution in [0.25, 0.3) is 0 Å². The number of nitrogens with two attached hydrogens (primary N) is 2. The summed E-state index contributed by atoms with van der Waals surface area (Å²) in [7, 11) is 0. The van der Waals surface area contributed by atoms with E-state index in [1.807, 2.05) is 0 Å². The van der Waals surface area contributed by atoms with Crippen molar-refractivity contribution >= 4 is 5.82 Å². The second-order valence-electron chi connectivity index (χ2n) is 4.67. The molecule has 0 radical (unpaired) electrons. The Morgan fingerprint density at radius 2 is 2.05 bits per heavy atom. The molecule has 1 atom stereocenters. The maximum Gasteiger partial charge on any atom is 0.343 e. The van der Waals surface area contributed by atoms with Gasteiger partial charge >= 0.3 is 5.82 Å². The van der Waals surface area contributed by atoms with Gasteiger partial charge < -0.3 is 21.6 Å². The van der Waals surface area contributed by atoms with Crippen LogP contribution in [0.4, 0.5) is 5.82 Å². The molecule has 1 aromatic heterocycles. The fourth-order valence-corrected chi connectivity index (χ4v) is 2.26. The van der Waals surface area contributed by atoms with Crippen LogP contribution in [-0.2, 0) is 0 Å². The molecule has 1 aromatic rings. The summed E-state index contributed by atoms with van der Waals surface area (Å²) in [4.78, 5) is 14.6. The van der Waals surface area contributed by atoms with Crippen LogP contribution in [0.5, 0.6) is 0 Å². The van der Waals surface area contributed by atoms with Crippen LogP contribution in [0.3, 0.4) is 0 Å². The fraction of sp³-hybridized carbons (Fsp3) is 0.750. The Bertz CT molecular complexity index is 405. The van der Waals surface area contributed by atoms with E-state index in [1.165, 1.54) is 6.20 Å². The Labute approximate surface area is 113 Å². The summed E-state index contributed by atoms with van der Waals surface area (Å²) in [6, 6.07) is -0.0548. The van der Waals surface area contributed by atoms with Crippen LogP contribution in [0.1, 0.15) is 44.0 Å². The molecule has 0 aliphatic heterocycles. The van der Waals surface area contributed by atoms with E-state index in [4.69, 9.17) is 11.5 Å². The van der Waals surface area contributed by atoms with Gasteiger partial charge in [-0.25, -0.2) is 9.55 Å². The van der Waals surface area contributed by atoms with Crippen molar-refractivity contribution in [3.8, 4) is 0 Å². The van der Waals surface area contributed by atoms with Crippen molar-refractivity contribution in [2.45, 2.75) is 45.1 Å². The van der Waals surface area contributed by atoms with E-state index in [0.29, 0.717) is 18.9 Å². The Balaban J connectivity index is 2.64. The van der Waals surface area contributed by atoms with Crippen LogP contribution in [0, 0.1) is 17.0 Å². The van der Waals surface area contributed by atoms with Gasteiger partial charge in [-0.05, 0) is 30.7 Å². The van der Waals surface area contributed by atoms with E-state index in [2.05, 4.69) is 4.98 Å². The molecule has 4 N–H and O–H groups in total. The highest BCUT2D eigenvalue weighted by atomic mass is 16.6. The minimum Gasteiger partial charge on any atom is -0.358 e. The van der Waals surface area contributed by atoms with Gasteiger partial charge in [0, 0.05) is 13.5 Å². The molecule has 1 rings (SSSR count). The smallest absolute Gasteiger partial charge is 0.343 e. The number of aryl methyl sites for hydroxylation is 1. The third-order valence-corrected chi connectivity index (χ3v) is 3.28. The van der Waals surface area contributed by atoms with Gasteiger partial charge in [0.25, 0.3) is 0 Å². The largest absolute Gasteiger partial charge is 0.358 e. The minimum absolute atomic E-state index is 0.0231. The van der Waals surface area contributed by atoms with Gasteiger partial charge in [0.1, 0.15) is 12.2 Å². The number of unbranched alkanes of at least 4 members (excludes halogenated alkanes) is 3. The Hall–Kier alpha value is -1.47. The molecule has 7 heteroatoms. The third-order valence-electron chi connectivity index (χ3n) is 3.28. The first-order valence-electron chi connectivity index (χ1n) is 6.70. The van der Waals surface area contributed by atoms with Gasteiger partial charge in [0.2, 0.25) is 0 Å². The van der Waals surface area contributed by atoms with Crippen LogP contribution >= 0.6 is 0 Å². The van der Waals surface area contributed by atoms with E-state index >= 15 is 0 Å². The zero-order chi connectivity index (χ0) is 14.3. The number of imidazole rings is 1. The first kappa shape index (κ1) is 15.6. The molecule has 1 unspecified atom stereocenters. The van der Waals surface area contributed by atoms with Gasteiger partial charge in [-0.2, -0.15) is 0 Å². The quantitative estimate of drug-likeness (QED) is 0.401. The van der Waals surface area contributed by atoms with E-state index in [-0.39, 0.29) is 11.9 Å². The van der Waals surface area contributed by atoms with Gasteiger partial charge in [-0.1, -0.05) is 12.8 Å². The topological polar surface area (TPSA) is 113 Å². The highest BCUT2D eigenvalue weighted by Crippen LogP contribution is 2.24. The Morgan fingerprint density at radius 1 is 1.37 bits per heavy atom. The van der Waals surface area contributed by atoms with Crippen molar-refractivity contribution in [1.29, 1.82) is 0 Å². The molecule has 0 aliphatic carbocycles. The number of hydrogen-bond donors (Lipinski definition) is 2. The van der Waals surface area contributed by atoms with E-state index in [9.17, 15) is 10.1 Å². The van der Waals surface area contributed by atoms with E-state index in [0.717, 1.165) is 32.1 Å². The van der Waals surface area contributed by atoms with Gasteiger partial charge in [-0.3, -0.25) is 0 Å². The van der Waals surface area contributed by atoms with Crippen molar-refractivity contribution in [2.24, 2.45) is 11.5 Å². The summed E-state index contributed by atoms with van der Waals surface area (Å²) >= 11 is 0. The first-order chi connectivity index (χ1) is 9.11. The average molecular weight is 269 g/mol.